The summed E-state index contributed by atoms with van der Waals surface area (Å²) in [6.45, 7) is 1.89. The molecule has 0 unspecified atom stereocenters. The first-order chi connectivity index (χ1) is 11.9. The highest BCUT2D eigenvalue weighted by Crippen LogP contribution is 2.26. The summed E-state index contributed by atoms with van der Waals surface area (Å²) in [5.74, 6) is -0.272. The van der Waals surface area contributed by atoms with Crippen LogP contribution in [0.15, 0.2) is 59.6 Å². The molecule has 0 atom stereocenters. The van der Waals surface area contributed by atoms with Crippen molar-refractivity contribution in [1.82, 2.24) is 10.3 Å². The lowest BCUT2D eigenvalue weighted by Crippen LogP contribution is -2.18. The first kappa shape index (κ1) is 16.9. The van der Waals surface area contributed by atoms with Gasteiger partial charge in [0, 0.05) is 24.2 Å². The Kier molecular flexibility index (Phi) is 4.41. The third-order valence-corrected chi connectivity index (χ3v) is 5.13. The van der Waals surface area contributed by atoms with E-state index in [2.05, 4.69) is 15.0 Å². The zero-order valence-electron chi connectivity index (χ0n) is 13.8. The molecule has 1 heterocycles. The fourth-order valence-electron chi connectivity index (χ4n) is 2.55. The number of benzene rings is 2. The predicted molar refractivity (Wildman–Crippen MR) is 97.1 cm³/mol. The van der Waals surface area contributed by atoms with Crippen LogP contribution in [0.5, 0.6) is 0 Å². The second kappa shape index (κ2) is 6.52. The van der Waals surface area contributed by atoms with E-state index in [0.717, 1.165) is 10.9 Å². The highest BCUT2D eigenvalue weighted by atomic mass is 32.2. The van der Waals surface area contributed by atoms with Crippen LogP contribution >= 0.6 is 0 Å². The lowest BCUT2D eigenvalue weighted by Gasteiger charge is -2.11. The van der Waals surface area contributed by atoms with E-state index >= 15 is 0 Å². The highest BCUT2D eigenvalue weighted by Gasteiger charge is 2.17. The van der Waals surface area contributed by atoms with Crippen LogP contribution in [0.2, 0.25) is 0 Å². The molecule has 25 heavy (non-hydrogen) atoms. The molecule has 1 amide bonds. The molecule has 0 radical (unpaired) electrons. The SMILES string of the molecule is CNC(=O)c1ccc(S(=O)(=O)Nc2cc(C)cc3cccnc23)cc1. The molecule has 0 spiro atoms. The molecule has 128 valence electrons. The average Bonchev–Trinajstić information content (AvgIpc) is 2.60. The second-order valence-corrected chi connectivity index (χ2v) is 7.28. The summed E-state index contributed by atoms with van der Waals surface area (Å²) in [7, 11) is -2.27. The third-order valence-electron chi connectivity index (χ3n) is 3.75. The van der Waals surface area contributed by atoms with Crippen molar-refractivity contribution in [2.45, 2.75) is 11.8 Å². The van der Waals surface area contributed by atoms with Crippen molar-refractivity contribution >= 4 is 32.5 Å². The number of aromatic nitrogens is 1. The maximum Gasteiger partial charge on any atom is 0.261 e. The molecule has 0 aliphatic heterocycles. The Labute approximate surface area is 146 Å². The molecule has 3 rings (SSSR count). The van der Waals surface area contributed by atoms with E-state index in [-0.39, 0.29) is 10.8 Å². The van der Waals surface area contributed by atoms with Gasteiger partial charge in [0.25, 0.3) is 15.9 Å². The minimum atomic E-state index is -3.79. The van der Waals surface area contributed by atoms with E-state index < -0.39 is 10.0 Å². The van der Waals surface area contributed by atoms with E-state index in [1.165, 1.54) is 31.3 Å². The summed E-state index contributed by atoms with van der Waals surface area (Å²) in [5, 5.41) is 3.35. The van der Waals surface area contributed by atoms with Crippen molar-refractivity contribution in [3.05, 3.63) is 65.9 Å². The van der Waals surface area contributed by atoms with Gasteiger partial charge in [-0.3, -0.25) is 14.5 Å². The van der Waals surface area contributed by atoms with Crippen molar-refractivity contribution in [2.75, 3.05) is 11.8 Å². The summed E-state index contributed by atoms with van der Waals surface area (Å²) < 4.78 is 27.9. The van der Waals surface area contributed by atoms with E-state index in [9.17, 15) is 13.2 Å². The molecule has 0 aliphatic carbocycles. The number of hydrogen-bond acceptors (Lipinski definition) is 4. The van der Waals surface area contributed by atoms with Crippen LogP contribution in [0, 0.1) is 6.92 Å². The molecule has 6 nitrogen and oxygen atoms in total. The van der Waals surface area contributed by atoms with Crippen LogP contribution in [0.4, 0.5) is 5.69 Å². The second-order valence-electron chi connectivity index (χ2n) is 5.60. The van der Waals surface area contributed by atoms with Gasteiger partial charge in [0.15, 0.2) is 0 Å². The van der Waals surface area contributed by atoms with Crippen molar-refractivity contribution in [3.8, 4) is 0 Å². The van der Waals surface area contributed by atoms with Gasteiger partial charge in [-0.25, -0.2) is 8.42 Å². The Morgan fingerprint density at radius 1 is 1.08 bits per heavy atom. The maximum absolute atomic E-state index is 12.7. The molecule has 3 aromatic rings. The van der Waals surface area contributed by atoms with Crippen LogP contribution in [-0.4, -0.2) is 26.4 Å². The van der Waals surface area contributed by atoms with Gasteiger partial charge >= 0.3 is 0 Å². The first-order valence-electron chi connectivity index (χ1n) is 7.61. The molecule has 1 aromatic heterocycles. The summed E-state index contributed by atoms with van der Waals surface area (Å²) in [5.41, 5.74) is 2.32. The van der Waals surface area contributed by atoms with Gasteiger partial charge in [-0.15, -0.1) is 0 Å². The van der Waals surface area contributed by atoms with Gasteiger partial charge in [0.2, 0.25) is 0 Å². The van der Waals surface area contributed by atoms with Crippen LogP contribution in [0.25, 0.3) is 10.9 Å². The van der Waals surface area contributed by atoms with Crippen molar-refractivity contribution in [3.63, 3.8) is 0 Å². The van der Waals surface area contributed by atoms with E-state index in [1.807, 2.05) is 19.1 Å². The molecular formula is C18H17N3O3S. The fraction of sp³-hybridized carbons (Fsp3) is 0.111. The van der Waals surface area contributed by atoms with Crippen molar-refractivity contribution < 1.29 is 13.2 Å². The number of hydrogen-bond donors (Lipinski definition) is 2. The number of fused-ring (bicyclic) bond motifs is 1. The van der Waals surface area contributed by atoms with Gasteiger partial charge in [-0.2, -0.15) is 0 Å². The molecule has 0 saturated heterocycles. The van der Waals surface area contributed by atoms with E-state index in [1.54, 1.807) is 18.3 Å². The van der Waals surface area contributed by atoms with Crippen LogP contribution in [-0.2, 0) is 10.0 Å². The highest BCUT2D eigenvalue weighted by molar-refractivity contribution is 7.92. The van der Waals surface area contributed by atoms with Crippen molar-refractivity contribution in [1.29, 1.82) is 0 Å². The number of aryl methyl sites for hydroxylation is 1. The Morgan fingerprint density at radius 3 is 2.48 bits per heavy atom. The molecule has 0 aliphatic rings. The maximum atomic E-state index is 12.7. The third kappa shape index (κ3) is 3.46. The number of amides is 1. The minimum absolute atomic E-state index is 0.0748. The van der Waals surface area contributed by atoms with E-state index in [4.69, 9.17) is 0 Å². The molecular weight excluding hydrogens is 338 g/mol. The van der Waals surface area contributed by atoms with Gasteiger partial charge in [-0.05, 0) is 55.0 Å². The lowest BCUT2D eigenvalue weighted by molar-refractivity contribution is 0.0963. The lowest BCUT2D eigenvalue weighted by atomic mass is 10.1. The Bertz CT molecular complexity index is 1040. The molecule has 7 heteroatoms. The van der Waals surface area contributed by atoms with Crippen LogP contribution < -0.4 is 10.0 Å². The Morgan fingerprint density at radius 2 is 1.80 bits per heavy atom. The van der Waals surface area contributed by atoms with Gasteiger partial charge in [0.1, 0.15) is 0 Å². The zero-order valence-corrected chi connectivity index (χ0v) is 14.6. The van der Waals surface area contributed by atoms with Gasteiger partial charge < -0.3 is 5.32 Å². The molecule has 0 bridgehead atoms. The molecule has 2 N–H and O–H groups in total. The Balaban J connectivity index is 1.98. The number of nitrogens with zero attached hydrogens (tertiary/aromatic N) is 1. The number of carbonyl (C=O) groups excluding carboxylic acids is 1. The normalized spacial score (nSPS) is 11.3. The topological polar surface area (TPSA) is 88.2 Å². The summed E-state index contributed by atoms with van der Waals surface area (Å²) >= 11 is 0. The number of sulfonamides is 1. The summed E-state index contributed by atoms with van der Waals surface area (Å²) in [4.78, 5) is 15.9. The predicted octanol–water partition coefficient (Wildman–Crippen LogP) is 2.70. The van der Waals surface area contributed by atoms with Crippen LogP contribution in [0.3, 0.4) is 0 Å². The number of rotatable bonds is 4. The molecule has 0 fully saturated rings. The number of pyridine rings is 1. The number of nitrogens with one attached hydrogen (secondary N) is 2. The smallest absolute Gasteiger partial charge is 0.261 e. The zero-order chi connectivity index (χ0) is 18.0. The average molecular weight is 355 g/mol. The summed E-state index contributed by atoms with van der Waals surface area (Å²) in [6.07, 6.45) is 1.62. The monoisotopic (exact) mass is 355 g/mol. The van der Waals surface area contributed by atoms with Crippen LogP contribution in [0.1, 0.15) is 15.9 Å². The Hall–Kier alpha value is -2.93. The molecule has 2 aromatic carbocycles. The molecule has 0 saturated carbocycles. The quantitative estimate of drug-likeness (QED) is 0.753. The number of anilines is 1. The van der Waals surface area contributed by atoms with Gasteiger partial charge in [-0.1, -0.05) is 6.07 Å². The standard InChI is InChI=1S/C18H17N3O3S/c1-12-10-14-4-3-9-20-17(14)16(11-12)21-25(23,24)15-7-5-13(6-8-15)18(22)19-2/h3-11,21H,1-2H3,(H,19,22). The van der Waals surface area contributed by atoms with E-state index in [0.29, 0.717) is 16.8 Å². The summed E-state index contributed by atoms with van der Waals surface area (Å²) in [6, 6.07) is 13.1. The first-order valence-corrected chi connectivity index (χ1v) is 9.09. The fourth-order valence-corrected chi connectivity index (χ4v) is 3.61. The number of carbonyl (C=O) groups is 1. The van der Waals surface area contributed by atoms with Gasteiger partial charge in [0.05, 0.1) is 16.1 Å². The van der Waals surface area contributed by atoms with Crippen molar-refractivity contribution in [2.24, 2.45) is 0 Å². The largest absolute Gasteiger partial charge is 0.355 e. The minimum Gasteiger partial charge on any atom is -0.355 e.